The lowest BCUT2D eigenvalue weighted by atomic mass is 10.1. The van der Waals surface area contributed by atoms with E-state index in [1.807, 2.05) is 11.6 Å². The maximum atomic E-state index is 13.0. The molecule has 2 aromatic rings. The number of unbranched alkanes of at least 4 members (excludes halogenated alkanes) is 2. The molecular weight excluding hydrogens is 521 g/mol. The molecule has 0 aliphatic rings. The molecule has 2 N–H and O–H groups in total. The van der Waals surface area contributed by atoms with Gasteiger partial charge in [-0.05, 0) is 48.4 Å². The van der Waals surface area contributed by atoms with Crippen LogP contribution in [0.5, 0.6) is 5.75 Å². The minimum absolute atomic E-state index is 0.160. The number of alkyl halides is 3. The molecule has 36 heavy (non-hydrogen) atoms. The van der Waals surface area contributed by atoms with E-state index in [1.54, 1.807) is 18.2 Å². The maximum Gasteiger partial charge on any atom is 0.416 e. The highest BCUT2D eigenvalue weighted by atomic mass is 35.5. The van der Waals surface area contributed by atoms with Gasteiger partial charge in [-0.1, -0.05) is 31.4 Å². The van der Waals surface area contributed by atoms with Crippen LogP contribution in [0.1, 0.15) is 37.3 Å². The molecular formula is C24H28ClF3N2O5S. The van der Waals surface area contributed by atoms with Gasteiger partial charge in [0, 0.05) is 24.9 Å². The lowest BCUT2D eigenvalue weighted by molar-refractivity contribution is -0.137. The van der Waals surface area contributed by atoms with Crippen molar-refractivity contribution in [2.45, 2.75) is 32.4 Å². The molecule has 0 aliphatic carbocycles. The molecule has 198 valence electrons. The zero-order chi connectivity index (χ0) is 26.8. The molecule has 7 nitrogen and oxygen atoms in total. The molecule has 1 amide bonds. The number of anilines is 2. The molecule has 0 radical (unpaired) electrons. The van der Waals surface area contributed by atoms with E-state index >= 15 is 0 Å². The van der Waals surface area contributed by atoms with Gasteiger partial charge in [-0.25, -0.2) is 13.1 Å². The van der Waals surface area contributed by atoms with Crippen LogP contribution in [-0.4, -0.2) is 40.4 Å². The second-order valence-corrected chi connectivity index (χ2v) is 9.98. The SMILES string of the molecule is CCCCCS(=O)(=O)NC(=O)C=Cc1ccc(OCCOC)cc1Nc1ccc(C(F)(F)F)cc1Cl. The molecule has 0 bridgehead atoms. The van der Waals surface area contributed by atoms with Gasteiger partial charge in [-0.2, -0.15) is 13.2 Å². The average Bonchev–Trinajstić information content (AvgIpc) is 2.79. The summed E-state index contributed by atoms with van der Waals surface area (Å²) in [6.45, 7) is 2.53. The minimum atomic E-state index is -4.55. The highest BCUT2D eigenvalue weighted by Crippen LogP contribution is 2.36. The third-order valence-electron chi connectivity index (χ3n) is 4.83. The first-order valence-corrected chi connectivity index (χ1v) is 13.1. The molecule has 0 unspecified atom stereocenters. The van der Waals surface area contributed by atoms with Crippen LogP contribution in [0.3, 0.4) is 0 Å². The van der Waals surface area contributed by atoms with E-state index in [0.29, 0.717) is 30.0 Å². The van der Waals surface area contributed by atoms with Gasteiger partial charge in [0.1, 0.15) is 12.4 Å². The van der Waals surface area contributed by atoms with Crippen molar-refractivity contribution in [3.63, 3.8) is 0 Å². The molecule has 0 spiro atoms. The number of hydrogen-bond donors (Lipinski definition) is 2. The monoisotopic (exact) mass is 548 g/mol. The van der Waals surface area contributed by atoms with Crippen molar-refractivity contribution in [2.75, 3.05) is 31.4 Å². The summed E-state index contributed by atoms with van der Waals surface area (Å²) in [5.41, 5.74) is 0.0907. The van der Waals surface area contributed by atoms with Crippen LogP contribution in [0, 0.1) is 0 Å². The zero-order valence-corrected chi connectivity index (χ0v) is 21.4. The molecule has 0 aromatic heterocycles. The number of halogens is 4. The molecule has 0 saturated heterocycles. The van der Waals surface area contributed by atoms with Crippen LogP contribution in [-0.2, 0) is 25.7 Å². The fourth-order valence-corrected chi connectivity index (χ4v) is 4.29. The molecule has 0 heterocycles. The first-order chi connectivity index (χ1) is 16.9. The Morgan fingerprint density at radius 1 is 1.08 bits per heavy atom. The topological polar surface area (TPSA) is 93.7 Å². The van der Waals surface area contributed by atoms with Crippen molar-refractivity contribution >= 4 is 45.0 Å². The van der Waals surface area contributed by atoms with Crippen molar-refractivity contribution in [2.24, 2.45) is 0 Å². The number of methoxy groups -OCH3 is 1. The number of hydrogen-bond acceptors (Lipinski definition) is 6. The Hall–Kier alpha value is -2.76. The summed E-state index contributed by atoms with van der Waals surface area (Å²) in [6.07, 6.45) is -0.114. The summed E-state index contributed by atoms with van der Waals surface area (Å²) in [5.74, 6) is -0.559. The minimum Gasteiger partial charge on any atom is -0.491 e. The zero-order valence-electron chi connectivity index (χ0n) is 19.8. The summed E-state index contributed by atoms with van der Waals surface area (Å²) in [4.78, 5) is 12.2. The fraction of sp³-hybridized carbons (Fsp3) is 0.375. The van der Waals surface area contributed by atoms with Crippen molar-refractivity contribution < 1.29 is 35.9 Å². The Morgan fingerprint density at radius 3 is 2.47 bits per heavy atom. The number of carbonyl (C=O) groups excluding carboxylic acids is 1. The summed E-state index contributed by atoms with van der Waals surface area (Å²) in [6, 6.07) is 7.67. The second kappa shape index (κ2) is 13.5. The smallest absolute Gasteiger partial charge is 0.416 e. The number of ether oxygens (including phenoxy) is 2. The molecule has 0 atom stereocenters. The maximum absolute atomic E-state index is 13.0. The van der Waals surface area contributed by atoms with Gasteiger partial charge >= 0.3 is 6.18 Å². The highest BCUT2D eigenvalue weighted by molar-refractivity contribution is 7.90. The standard InChI is InChI=1S/C24H28ClF3N2O5S/c1-3-4-5-14-36(32,33)30-23(31)11-7-17-6-9-19(35-13-12-34-2)16-22(17)29-21-10-8-18(15-20(21)25)24(26,27)28/h6-11,15-16,29H,3-5,12-14H2,1-2H3,(H,30,31). The van der Waals surface area contributed by atoms with E-state index in [0.717, 1.165) is 31.1 Å². The Morgan fingerprint density at radius 2 is 1.83 bits per heavy atom. The summed E-state index contributed by atoms with van der Waals surface area (Å²) in [5, 5.41) is 2.78. The van der Waals surface area contributed by atoms with Gasteiger partial charge in [0.15, 0.2) is 0 Å². The third kappa shape index (κ3) is 9.71. The van der Waals surface area contributed by atoms with Crippen LogP contribution < -0.4 is 14.8 Å². The van der Waals surface area contributed by atoms with E-state index < -0.39 is 27.7 Å². The van der Waals surface area contributed by atoms with Crippen LogP contribution in [0.4, 0.5) is 24.5 Å². The Labute approximate surface area is 213 Å². The van der Waals surface area contributed by atoms with Crippen molar-refractivity contribution in [1.29, 1.82) is 0 Å². The Bertz CT molecular complexity index is 1170. The first kappa shape index (κ1) is 29.5. The number of benzene rings is 2. The first-order valence-electron chi connectivity index (χ1n) is 11.1. The summed E-state index contributed by atoms with van der Waals surface area (Å²) < 4.78 is 75.5. The summed E-state index contributed by atoms with van der Waals surface area (Å²) >= 11 is 6.07. The second-order valence-electron chi connectivity index (χ2n) is 7.73. The van der Waals surface area contributed by atoms with Gasteiger partial charge in [-0.3, -0.25) is 4.79 Å². The van der Waals surface area contributed by atoms with Gasteiger partial charge in [0.05, 0.1) is 28.6 Å². The molecule has 2 aromatic carbocycles. The average molecular weight is 549 g/mol. The Kier molecular flexibility index (Phi) is 11.1. The predicted molar refractivity (Wildman–Crippen MR) is 134 cm³/mol. The lowest BCUT2D eigenvalue weighted by Crippen LogP contribution is -2.31. The normalized spacial score (nSPS) is 12.1. The number of amides is 1. The number of nitrogens with one attached hydrogen (secondary N) is 2. The van der Waals surface area contributed by atoms with Crippen molar-refractivity contribution in [1.82, 2.24) is 4.72 Å². The highest BCUT2D eigenvalue weighted by Gasteiger charge is 2.31. The fourth-order valence-electron chi connectivity index (χ4n) is 3.01. The molecule has 0 aliphatic heterocycles. The molecule has 0 fully saturated rings. The number of rotatable bonds is 13. The molecule has 0 saturated carbocycles. The van der Waals surface area contributed by atoms with Gasteiger partial charge < -0.3 is 14.8 Å². The van der Waals surface area contributed by atoms with Gasteiger partial charge in [0.25, 0.3) is 5.91 Å². The van der Waals surface area contributed by atoms with E-state index in [4.69, 9.17) is 21.1 Å². The molecule has 12 heteroatoms. The van der Waals surface area contributed by atoms with Gasteiger partial charge in [0.2, 0.25) is 10.0 Å². The van der Waals surface area contributed by atoms with Crippen LogP contribution >= 0.6 is 11.6 Å². The summed E-state index contributed by atoms with van der Waals surface area (Å²) in [7, 11) is -2.25. The molecule has 2 rings (SSSR count). The van der Waals surface area contributed by atoms with E-state index in [2.05, 4.69) is 5.32 Å². The van der Waals surface area contributed by atoms with Crippen molar-refractivity contribution in [3.8, 4) is 5.75 Å². The quantitative estimate of drug-likeness (QED) is 0.243. The van der Waals surface area contributed by atoms with E-state index in [1.165, 1.54) is 19.3 Å². The van der Waals surface area contributed by atoms with E-state index in [9.17, 15) is 26.4 Å². The van der Waals surface area contributed by atoms with Gasteiger partial charge in [-0.15, -0.1) is 0 Å². The third-order valence-corrected chi connectivity index (χ3v) is 6.48. The number of sulfonamides is 1. The van der Waals surface area contributed by atoms with Crippen LogP contribution in [0.25, 0.3) is 6.08 Å². The lowest BCUT2D eigenvalue weighted by Gasteiger charge is -2.15. The van der Waals surface area contributed by atoms with Crippen LogP contribution in [0.2, 0.25) is 5.02 Å². The predicted octanol–water partition coefficient (Wildman–Crippen LogP) is 5.78. The number of carbonyl (C=O) groups is 1. The van der Waals surface area contributed by atoms with Crippen LogP contribution in [0.15, 0.2) is 42.5 Å². The largest absolute Gasteiger partial charge is 0.491 e. The van der Waals surface area contributed by atoms with E-state index in [-0.39, 0.29) is 23.1 Å². The van der Waals surface area contributed by atoms with Crippen molar-refractivity contribution in [3.05, 3.63) is 58.6 Å². The Balaban J connectivity index is 2.28.